The van der Waals surface area contributed by atoms with Crippen LogP contribution >= 0.6 is 22.7 Å². The molecule has 0 spiro atoms. The summed E-state index contributed by atoms with van der Waals surface area (Å²) in [6.45, 7) is 0. The van der Waals surface area contributed by atoms with Gasteiger partial charge in [0, 0.05) is 5.56 Å². The molecule has 29 heavy (non-hydrogen) atoms. The first-order chi connectivity index (χ1) is 14.0. The number of thiazole rings is 2. The van der Waals surface area contributed by atoms with Crippen LogP contribution in [0.25, 0.3) is 20.8 Å². The maximum absolute atomic E-state index is 13.1. The molecule has 0 radical (unpaired) electrons. The van der Waals surface area contributed by atoms with Crippen molar-refractivity contribution in [3.8, 4) is 10.6 Å². The number of rotatable bonds is 5. The molecule has 0 atom stereocenters. The summed E-state index contributed by atoms with van der Waals surface area (Å²) in [5.41, 5.74) is 1.49. The van der Waals surface area contributed by atoms with Crippen molar-refractivity contribution >= 4 is 59.9 Å². The van der Waals surface area contributed by atoms with Gasteiger partial charge in [-0.25, -0.2) is 31.9 Å². The lowest BCUT2D eigenvalue weighted by Crippen LogP contribution is -2.12. The SMILES string of the molecule is COC(=O)c1ccc2sc(N(c3cnc(-c4ccc(F)cc4)s3)[SH](=O)=O)nc2c1. The number of anilines is 2. The maximum Gasteiger partial charge on any atom is 0.337 e. The molecule has 4 aromatic rings. The molecule has 7 nitrogen and oxygen atoms in total. The number of hydrogen-bond donors (Lipinski definition) is 1. The van der Waals surface area contributed by atoms with Crippen molar-refractivity contribution in [2.24, 2.45) is 0 Å². The van der Waals surface area contributed by atoms with Crippen LogP contribution in [0.15, 0.2) is 48.7 Å². The molecular weight excluding hydrogens is 437 g/mol. The van der Waals surface area contributed by atoms with Crippen LogP contribution in [-0.2, 0) is 15.6 Å². The number of carbonyl (C=O) groups excluding carboxylic acids is 1. The molecule has 0 N–H and O–H groups in total. The van der Waals surface area contributed by atoms with E-state index in [0.717, 1.165) is 20.3 Å². The fraction of sp³-hybridized carbons (Fsp3) is 0.0556. The monoisotopic (exact) mass is 449 g/mol. The molecule has 0 bridgehead atoms. The number of carbonyl (C=O) groups is 1. The Labute approximate surface area is 174 Å². The van der Waals surface area contributed by atoms with Gasteiger partial charge in [0.05, 0.1) is 29.1 Å². The molecule has 0 aliphatic rings. The minimum atomic E-state index is -3.04. The fourth-order valence-corrected chi connectivity index (χ4v) is 5.39. The Kier molecular flexibility index (Phi) is 5.26. The Morgan fingerprint density at radius 3 is 2.59 bits per heavy atom. The van der Waals surface area contributed by atoms with Gasteiger partial charge in [-0.05, 0) is 42.5 Å². The van der Waals surface area contributed by atoms with Crippen molar-refractivity contribution in [2.45, 2.75) is 0 Å². The Bertz CT molecular complexity index is 1270. The molecule has 0 aliphatic heterocycles. The summed E-state index contributed by atoms with van der Waals surface area (Å²) in [6.07, 6.45) is 1.43. The lowest BCUT2D eigenvalue weighted by molar-refractivity contribution is 0.0601. The number of aromatic nitrogens is 2. The number of methoxy groups -OCH3 is 1. The Balaban J connectivity index is 1.73. The predicted octanol–water partition coefficient (Wildman–Crippen LogP) is 4.01. The van der Waals surface area contributed by atoms with Gasteiger partial charge in [0.1, 0.15) is 15.8 Å². The van der Waals surface area contributed by atoms with E-state index in [9.17, 15) is 17.6 Å². The van der Waals surface area contributed by atoms with Crippen molar-refractivity contribution in [1.82, 2.24) is 9.97 Å². The fourth-order valence-electron chi connectivity index (χ4n) is 2.58. The van der Waals surface area contributed by atoms with Gasteiger partial charge in [-0.15, -0.1) is 0 Å². The number of thiol groups is 1. The van der Waals surface area contributed by atoms with Crippen molar-refractivity contribution in [2.75, 3.05) is 11.4 Å². The molecule has 148 valence electrons. The first kappa shape index (κ1) is 19.4. The summed E-state index contributed by atoms with van der Waals surface area (Å²) < 4.78 is 43.6. The van der Waals surface area contributed by atoms with E-state index in [0.29, 0.717) is 26.7 Å². The maximum atomic E-state index is 13.1. The number of fused-ring (bicyclic) bond motifs is 1. The van der Waals surface area contributed by atoms with Gasteiger partial charge in [0.2, 0.25) is 16.0 Å². The van der Waals surface area contributed by atoms with Gasteiger partial charge in [-0.1, -0.05) is 22.7 Å². The zero-order valence-corrected chi connectivity index (χ0v) is 17.3. The zero-order chi connectivity index (χ0) is 20.5. The van der Waals surface area contributed by atoms with Crippen molar-refractivity contribution in [3.63, 3.8) is 0 Å². The second-order valence-electron chi connectivity index (χ2n) is 5.73. The van der Waals surface area contributed by atoms with Crippen LogP contribution in [0.3, 0.4) is 0 Å². The first-order valence-corrected chi connectivity index (χ1v) is 10.9. The molecular formula is C18H12FN3O4S3. The van der Waals surface area contributed by atoms with Gasteiger partial charge in [0.25, 0.3) is 0 Å². The Morgan fingerprint density at radius 2 is 1.90 bits per heavy atom. The highest BCUT2D eigenvalue weighted by Crippen LogP contribution is 2.38. The van der Waals surface area contributed by atoms with E-state index in [1.807, 2.05) is 0 Å². The van der Waals surface area contributed by atoms with Crippen LogP contribution < -0.4 is 4.31 Å². The highest BCUT2D eigenvalue weighted by molar-refractivity contribution is 7.75. The number of benzene rings is 2. The average molecular weight is 450 g/mol. The predicted molar refractivity (Wildman–Crippen MR) is 111 cm³/mol. The number of hydrogen-bond acceptors (Lipinski definition) is 8. The summed E-state index contributed by atoms with van der Waals surface area (Å²) in [5.74, 6) is -0.866. The van der Waals surface area contributed by atoms with Crippen LogP contribution in [0.2, 0.25) is 0 Å². The second-order valence-corrected chi connectivity index (χ2v) is 8.62. The third-order valence-corrected chi connectivity index (χ3v) is 6.99. The molecule has 0 amide bonds. The van der Waals surface area contributed by atoms with Crippen molar-refractivity contribution in [1.29, 1.82) is 0 Å². The quantitative estimate of drug-likeness (QED) is 0.366. The van der Waals surface area contributed by atoms with Crippen molar-refractivity contribution < 1.29 is 22.3 Å². The van der Waals surface area contributed by atoms with E-state index in [1.54, 1.807) is 30.3 Å². The summed E-state index contributed by atoms with van der Waals surface area (Å²) in [5, 5.41) is 1.14. The van der Waals surface area contributed by atoms with Gasteiger partial charge in [-0.3, -0.25) is 0 Å². The summed E-state index contributed by atoms with van der Waals surface area (Å²) in [7, 11) is -1.75. The smallest absolute Gasteiger partial charge is 0.337 e. The van der Waals surface area contributed by atoms with Gasteiger partial charge in [0.15, 0.2) is 0 Å². The molecule has 2 aromatic carbocycles. The minimum Gasteiger partial charge on any atom is -0.465 e. The Morgan fingerprint density at radius 1 is 1.14 bits per heavy atom. The van der Waals surface area contributed by atoms with E-state index < -0.39 is 16.9 Å². The van der Waals surface area contributed by atoms with E-state index in [2.05, 4.69) is 9.97 Å². The topological polar surface area (TPSA) is 89.5 Å². The number of halogens is 1. The number of ether oxygens (including phenoxy) is 1. The summed E-state index contributed by atoms with van der Waals surface area (Å²) in [4.78, 5) is 20.3. The number of esters is 1. The molecule has 2 heterocycles. The molecule has 0 saturated carbocycles. The lowest BCUT2D eigenvalue weighted by atomic mass is 10.2. The zero-order valence-electron chi connectivity index (χ0n) is 14.7. The van der Waals surface area contributed by atoms with Gasteiger partial charge in [-0.2, -0.15) is 0 Å². The minimum absolute atomic E-state index is 0.229. The van der Waals surface area contributed by atoms with Crippen LogP contribution in [0.1, 0.15) is 10.4 Å². The lowest BCUT2D eigenvalue weighted by Gasteiger charge is -2.10. The van der Waals surface area contributed by atoms with Gasteiger partial charge < -0.3 is 4.74 Å². The van der Waals surface area contributed by atoms with Crippen LogP contribution in [-0.4, -0.2) is 31.5 Å². The molecule has 11 heteroatoms. The molecule has 2 aromatic heterocycles. The molecule has 0 fully saturated rings. The van der Waals surface area contributed by atoms with Gasteiger partial charge >= 0.3 is 5.97 Å². The third-order valence-electron chi connectivity index (χ3n) is 3.94. The third kappa shape index (κ3) is 3.84. The van der Waals surface area contributed by atoms with Crippen LogP contribution in [0.5, 0.6) is 0 Å². The highest BCUT2D eigenvalue weighted by Gasteiger charge is 2.20. The molecule has 4 rings (SSSR count). The number of nitrogens with zero attached hydrogens (tertiary/aromatic N) is 3. The van der Waals surface area contributed by atoms with E-state index in [1.165, 1.54) is 36.8 Å². The summed E-state index contributed by atoms with van der Waals surface area (Å²) in [6, 6.07) is 10.6. The van der Waals surface area contributed by atoms with Crippen LogP contribution in [0, 0.1) is 5.82 Å². The standard InChI is InChI=1S/C18H12FN3O4S3/c1-26-17(23)11-4-7-14-13(8-11)21-18(27-14)22(29(24)25)15-9-20-16(28-15)10-2-5-12(19)6-3-10/h2-9,29H,1H3. The first-order valence-electron chi connectivity index (χ1n) is 8.11. The summed E-state index contributed by atoms with van der Waals surface area (Å²) >= 11 is 2.32. The van der Waals surface area contributed by atoms with E-state index in [4.69, 9.17) is 4.74 Å². The van der Waals surface area contributed by atoms with E-state index >= 15 is 0 Å². The second kappa shape index (κ2) is 7.85. The van der Waals surface area contributed by atoms with Crippen molar-refractivity contribution in [3.05, 3.63) is 60.0 Å². The largest absolute Gasteiger partial charge is 0.465 e. The normalized spacial score (nSPS) is 11.1. The highest BCUT2D eigenvalue weighted by atomic mass is 32.2. The molecule has 0 aliphatic carbocycles. The van der Waals surface area contributed by atoms with E-state index in [-0.39, 0.29) is 10.9 Å². The average Bonchev–Trinajstić information content (AvgIpc) is 3.34. The molecule has 0 saturated heterocycles. The Hall–Kier alpha value is -2.89. The molecule has 0 unspecified atom stereocenters. The van der Waals surface area contributed by atoms with Crippen LogP contribution in [0.4, 0.5) is 14.5 Å².